The maximum absolute atomic E-state index is 12.4. The second-order valence-electron chi connectivity index (χ2n) is 3.96. The molecule has 0 unspecified atom stereocenters. The summed E-state index contributed by atoms with van der Waals surface area (Å²) < 4.78 is 45.4. The highest BCUT2D eigenvalue weighted by Crippen LogP contribution is 2.54. The normalized spacial score (nSPS) is 13.8. The highest BCUT2D eigenvalue weighted by Gasteiger charge is 2.27. The fraction of sp³-hybridized carbons (Fsp3) is 0.833. The molecule has 20 heavy (non-hydrogen) atoms. The van der Waals surface area contributed by atoms with Crippen molar-refractivity contribution in [3.63, 3.8) is 0 Å². The Bertz CT molecular complexity index is 373. The van der Waals surface area contributed by atoms with Gasteiger partial charge in [0, 0.05) is 5.82 Å². The summed E-state index contributed by atoms with van der Waals surface area (Å²) in [5, 5.41) is 0. The molecule has 0 saturated carbocycles. The SMILES string of the molecule is CCOP(=O)(C=C(C)CP(=O)(OCC)OCC)OCC. The highest BCUT2D eigenvalue weighted by molar-refractivity contribution is 7.57. The Kier molecular flexibility index (Phi) is 9.90. The van der Waals surface area contributed by atoms with Gasteiger partial charge in [-0.3, -0.25) is 9.13 Å². The smallest absolute Gasteiger partial charge is 0.309 e. The topological polar surface area (TPSA) is 71.1 Å². The monoisotopic (exact) mass is 328 g/mol. The third-order valence-corrected chi connectivity index (χ3v) is 6.27. The molecule has 6 nitrogen and oxygen atoms in total. The summed E-state index contributed by atoms with van der Waals surface area (Å²) in [5.74, 6) is 1.39. The van der Waals surface area contributed by atoms with Gasteiger partial charge in [0.15, 0.2) is 0 Å². The van der Waals surface area contributed by atoms with E-state index in [1.807, 2.05) is 0 Å². The molecule has 0 saturated heterocycles. The van der Waals surface area contributed by atoms with Crippen molar-refractivity contribution < 1.29 is 27.2 Å². The molecular weight excluding hydrogens is 302 g/mol. The summed E-state index contributed by atoms with van der Waals surface area (Å²) >= 11 is 0. The standard InChI is InChI=1S/C12H26O6P2/c1-6-15-19(13,16-7-2)10-12(5)11-20(14,17-8-3)18-9-4/h10H,6-9,11H2,1-5H3. The fourth-order valence-electron chi connectivity index (χ4n) is 1.61. The first-order chi connectivity index (χ1) is 9.34. The Morgan fingerprint density at radius 1 is 0.850 bits per heavy atom. The highest BCUT2D eigenvalue weighted by atomic mass is 31.2. The number of hydrogen-bond donors (Lipinski definition) is 0. The Morgan fingerprint density at radius 3 is 1.60 bits per heavy atom. The third kappa shape index (κ3) is 7.72. The first-order valence-corrected chi connectivity index (χ1v) is 10.1. The van der Waals surface area contributed by atoms with Crippen molar-refractivity contribution in [3.05, 3.63) is 11.4 Å². The minimum atomic E-state index is -3.29. The predicted octanol–water partition coefficient (Wildman–Crippen LogP) is 4.42. The largest absolute Gasteiger partial charge is 0.354 e. The Morgan fingerprint density at radius 2 is 1.25 bits per heavy atom. The van der Waals surface area contributed by atoms with E-state index in [4.69, 9.17) is 18.1 Å². The van der Waals surface area contributed by atoms with Crippen molar-refractivity contribution >= 4 is 15.2 Å². The molecule has 0 bridgehead atoms. The second-order valence-corrected chi connectivity index (χ2v) is 7.86. The van der Waals surface area contributed by atoms with Gasteiger partial charge in [-0.1, -0.05) is 5.57 Å². The van der Waals surface area contributed by atoms with Crippen LogP contribution in [0.4, 0.5) is 0 Å². The molecule has 0 amide bonds. The van der Waals surface area contributed by atoms with Crippen LogP contribution in [-0.2, 0) is 27.2 Å². The Hall–Kier alpha value is 0.0400. The average Bonchev–Trinajstić information content (AvgIpc) is 2.28. The zero-order valence-electron chi connectivity index (χ0n) is 13.0. The van der Waals surface area contributed by atoms with Gasteiger partial charge < -0.3 is 18.1 Å². The fourth-order valence-corrected chi connectivity index (χ4v) is 5.07. The van der Waals surface area contributed by atoms with Gasteiger partial charge in [0.1, 0.15) is 0 Å². The van der Waals surface area contributed by atoms with Crippen LogP contribution < -0.4 is 0 Å². The van der Waals surface area contributed by atoms with Gasteiger partial charge in [0.25, 0.3) is 0 Å². The summed E-state index contributed by atoms with van der Waals surface area (Å²) in [5.41, 5.74) is 0.598. The van der Waals surface area contributed by atoms with Crippen LogP contribution in [0.2, 0.25) is 0 Å². The molecule has 0 radical (unpaired) electrons. The minimum Gasteiger partial charge on any atom is -0.309 e. The Labute approximate surface area is 121 Å². The van der Waals surface area contributed by atoms with Gasteiger partial charge in [0.05, 0.1) is 32.6 Å². The molecule has 0 fully saturated rings. The lowest BCUT2D eigenvalue weighted by atomic mass is 10.4. The molecule has 0 aromatic carbocycles. The van der Waals surface area contributed by atoms with Crippen molar-refractivity contribution in [1.82, 2.24) is 0 Å². The molecule has 0 N–H and O–H groups in total. The van der Waals surface area contributed by atoms with Gasteiger partial charge in [0.2, 0.25) is 0 Å². The average molecular weight is 328 g/mol. The van der Waals surface area contributed by atoms with Crippen LogP contribution >= 0.6 is 15.2 Å². The lowest BCUT2D eigenvalue weighted by Gasteiger charge is -2.18. The maximum atomic E-state index is 12.4. The van der Waals surface area contributed by atoms with E-state index in [-0.39, 0.29) is 19.4 Å². The molecular formula is C12H26O6P2. The van der Waals surface area contributed by atoms with Gasteiger partial charge in [-0.05, 0) is 34.6 Å². The van der Waals surface area contributed by atoms with Gasteiger partial charge in [-0.15, -0.1) is 0 Å². The van der Waals surface area contributed by atoms with E-state index in [2.05, 4.69) is 0 Å². The van der Waals surface area contributed by atoms with E-state index in [1.54, 1.807) is 34.6 Å². The number of hydrogen-bond acceptors (Lipinski definition) is 6. The molecule has 0 atom stereocenters. The molecule has 0 spiro atoms. The molecule has 0 aromatic heterocycles. The zero-order valence-corrected chi connectivity index (χ0v) is 14.7. The van der Waals surface area contributed by atoms with Crippen LogP contribution in [0.25, 0.3) is 0 Å². The van der Waals surface area contributed by atoms with E-state index >= 15 is 0 Å². The molecule has 0 aromatic rings. The minimum absolute atomic E-state index is 0.0683. The van der Waals surface area contributed by atoms with E-state index in [0.29, 0.717) is 18.8 Å². The van der Waals surface area contributed by atoms with Crippen molar-refractivity contribution in [1.29, 1.82) is 0 Å². The third-order valence-electron chi connectivity index (χ3n) is 2.09. The van der Waals surface area contributed by atoms with Crippen molar-refractivity contribution in [2.45, 2.75) is 34.6 Å². The van der Waals surface area contributed by atoms with E-state index < -0.39 is 15.2 Å². The first kappa shape index (κ1) is 20.0. The molecule has 8 heteroatoms. The zero-order chi connectivity index (χ0) is 15.6. The van der Waals surface area contributed by atoms with Crippen molar-refractivity contribution in [3.8, 4) is 0 Å². The molecule has 0 aliphatic rings. The summed E-state index contributed by atoms with van der Waals surface area (Å²) in [6.07, 6.45) is 0.0683. The lowest BCUT2D eigenvalue weighted by molar-refractivity contribution is 0.222. The van der Waals surface area contributed by atoms with Gasteiger partial charge in [-0.25, -0.2) is 0 Å². The van der Waals surface area contributed by atoms with Crippen LogP contribution in [0.5, 0.6) is 0 Å². The quantitative estimate of drug-likeness (QED) is 0.523. The van der Waals surface area contributed by atoms with Gasteiger partial charge in [-0.2, -0.15) is 0 Å². The van der Waals surface area contributed by atoms with Crippen LogP contribution in [0.1, 0.15) is 34.6 Å². The summed E-state index contributed by atoms with van der Waals surface area (Å²) in [7, 11) is -6.49. The molecule has 0 aliphatic heterocycles. The van der Waals surface area contributed by atoms with Crippen molar-refractivity contribution in [2.75, 3.05) is 32.6 Å². The molecule has 120 valence electrons. The molecule has 0 aliphatic carbocycles. The lowest BCUT2D eigenvalue weighted by Crippen LogP contribution is -2.02. The Balaban J connectivity index is 5.01. The molecule has 0 heterocycles. The number of rotatable bonds is 11. The van der Waals surface area contributed by atoms with Crippen LogP contribution in [-0.4, -0.2) is 32.6 Å². The van der Waals surface area contributed by atoms with Crippen molar-refractivity contribution in [2.24, 2.45) is 0 Å². The van der Waals surface area contributed by atoms with E-state index in [1.165, 1.54) is 5.82 Å². The van der Waals surface area contributed by atoms with Crippen LogP contribution in [0.15, 0.2) is 11.4 Å². The summed E-state index contributed by atoms with van der Waals surface area (Å²) in [6.45, 7) is 9.80. The summed E-state index contributed by atoms with van der Waals surface area (Å²) in [4.78, 5) is 0. The van der Waals surface area contributed by atoms with Gasteiger partial charge >= 0.3 is 15.2 Å². The van der Waals surface area contributed by atoms with E-state index in [0.717, 1.165) is 0 Å². The second kappa shape index (κ2) is 9.88. The predicted molar refractivity (Wildman–Crippen MR) is 80.3 cm³/mol. The number of allylic oxidation sites excluding steroid dienone is 1. The molecule has 0 rings (SSSR count). The first-order valence-electron chi connectivity index (χ1n) is 6.80. The summed E-state index contributed by atoms with van der Waals surface area (Å²) in [6, 6.07) is 0. The maximum Gasteiger partial charge on any atom is 0.354 e. The van der Waals surface area contributed by atoms with E-state index in [9.17, 15) is 9.13 Å². The van der Waals surface area contributed by atoms with Crippen LogP contribution in [0, 0.1) is 0 Å². The van der Waals surface area contributed by atoms with Crippen LogP contribution in [0.3, 0.4) is 0 Å².